The Kier molecular flexibility index (Phi) is 6.52. The van der Waals surface area contributed by atoms with Crippen LogP contribution in [0.4, 0.5) is 10.5 Å². The van der Waals surface area contributed by atoms with Crippen LogP contribution in [-0.2, 0) is 50.8 Å². The summed E-state index contributed by atoms with van der Waals surface area (Å²) >= 11 is 0. The Morgan fingerprint density at radius 1 is 1.10 bits per heavy atom. The van der Waals surface area contributed by atoms with Crippen molar-refractivity contribution < 1.29 is 23.8 Å². The van der Waals surface area contributed by atoms with Crippen molar-refractivity contribution in [1.29, 1.82) is 0 Å². The molecule has 41 heavy (non-hydrogen) atoms. The Bertz CT molecular complexity index is 1780. The van der Waals surface area contributed by atoms with Crippen LogP contribution in [-0.4, -0.2) is 28.7 Å². The highest BCUT2D eigenvalue weighted by molar-refractivity contribution is 5.90. The molecule has 0 aliphatic carbocycles. The van der Waals surface area contributed by atoms with Crippen LogP contribution in [0, 0.1) is 6.92 Å². The quantitative estimate of drug-likeness (QED) is 0.280. The van der Waals surface area contributed by atoms with Gasteiger partial charge in [-0.15, -0.1) is 0 Å². The van der Waals surface area contributed by atoms with Gasteiger partial charge in [0.2, 0.25) is 5.60 Å². The number of rotatable bonds is 6. The van der Waals surface area contributed by atoms with E-state index in [0.717, 1.165) is 45.3 Å². The van der Waals surface area contributed by atoms with Crippen LogP contribution < -0.4 is 10.9 Å². The van der Waals surface area contributed by atoms with Crippen molar-refractivity contribution in [3.05, 3.63) is 92.3 Å². The summed E-state index contributed by atoms with van der Waals surface area (Å²) in [6, 6.07) is 15.3. The summed E-state index contributed by atoms with van der Waals surface area (Å²) in [7, 11) is 1.82. The van der Waals surface area contributed by atoms with Crippen LogP contribution in [0.3, 0.4) is 0 Å². The number of cyclic esters (lactones) is 1. The summed E-state index contributed by atoms with van der Waals surface area (Å²) < 4.78 is 18.2. The summed E-state index contributed by atoms with van der Waals surface area (Å²) in [6.07, 6.45) is -0.186. The highest BCUT2D eigenvalue weighted by Crippen LogP contribution is 2.42. The number of carbonyl (C=O) groups excluding carboxylic acids is 2. The lowest BCUT2D eigenvalue weighted by atomic mass is 9.85. The molecule has 2 aromatic heterocycles. The molecule has 0 fully saturated rings. The highest BCUT2D eigenvalue weighted by Gasteiger charge is 2.51. The molecule has 0 spiro atoms. The van der Waals surface area contributed by atoms with Crippen molar-refractivity contribution in [2.24, 2.45) is 0 Å². The molecule has 0 amide bonds. The van der Waals surface area contributed by atoms with Gasteiger partial charge >= 0.3 is 12.1 Å². The maximum Gasteiger partial charge on any atom is 0.510 e. The molecule has 1 N–H and O–H groups in total. The molecule has 0 saturated carbocycles. The predicted octanol–water partition coefficient (Wildman–Crippen LogP) is 5.35. The predicted molar refractivity (Wildman–Crippen MR) is 154 cm³/mol. The summed E-state index contributed by atoms with van der Waals surface area (Å²) in [5.41, 5.74) is 5.59. The minimum atomic E-state index is -1.82. The van der Waals surface area contributed by atoms with E-state index >= 15 is 0 Å². The van der Waals surface area contributed by atoms with Crippen molar-refractivity contribution in [2.45, 2.75) is 59.0 Å². The largest absolute Gasteiger partial charge is 0.510 e. The maximum absolute atomic E-state index is 13.8. The Balaban J connectivity index is 1.40. The molecule has 6 rings (SSSR count). The van der Waals surface area contributed by atoms with E-state index in [9.17, 15) is 14.4 Å². The SMILES string of the molecule is CCc1c2c(nc3ccc(C)cc13)-c1cc3c(c(=O)n1C2)COC(=O)C3(CC)OC(=O)OCc1ccc(NC)cc1. The fourth-order valence-electron chi connectivity index (χ4n) is 5.92. The van der Waals surface area contributed by atoms with Crippen LogP contribution in [0.1, 0.15) is 53.6 Å². The number of carbonyl (C=O) groups is 2. The van der Waals surface area contributed by atoms with Gasteiger partial charge in [0.1, 0.15) is 13.2 Å². The second kappa shape index (κ2) is 10.1. The first-order valence-electron chi connectivity index (χ1n) is 13.8. The van der Waals surface area contributed by atoms with Gasteiger partial charge in [-0.3, -0.25) is 4.79 Å². The highest BCUT2D eigenvalue weighted by atomic mass is 16.7. The van der Waals surface area contributed by atoms with E-state index in [0.29, 0.717) is 23.5 Å². The average Bonchev–Trinajstić information content (AvgIpc) is 3.35. The van der Waals surface area contributed by atoms with E-state index in [2.05, 4.69) is 18.3 Å². The number of ether oxygens (including phenoxy) is 3. The number of anilines is 1. The third-order valence-corrected chi connectivity index (χ3v) is 8.14. The van der Waals surface area contributed by atoms with Crippen LogP contribution in [0.2, 0.25) is 0 Å². The maximum atomic E-state index is 13.8. The number of aryl methyl sites for hydroxylation is 2. The molecule has 1 atom stereocenters. The molecular weight excluding hydrogens is 522 g/mol. The van der Waals surface area contributed by atoms with Gasteiger partial charge in [0.05, 0.1) is 29.0 Å². The molecular formula is C32H31N3O6. The third-order valence-electron chi connectivity index (χ3n) is 8.14. The summed E-state index contributed by atoms with van der Waals surface area (Å²) in [5.74, 6) is -0.735. The Hall–Kier alpha value is -4.66. The second-order valence-corrected chi connectivity index (χ2v) is 10.4. The number of pyridine rings is 2. The van der Waals surface area contributed by atoms with E-state index in [1.54, 1.807) is 17.6 Å². The molecule has 0 radical (unpaired) electrons. The number of nitrogens with zero attached hydrogens (tertiary/aromatic N) is 2. The average molecular weight is 554 g/mol. The van der Waals surface area contributed by atoms with Gasteiger partial charge in [-0.25, -0.2) is 14.6 Å². The summed E-state index contributed by atoms with van der Waals surface area (Å²) in [6.45, 7) is 5.99. The lowest BCUT2D eigenvalue weighted by Gasteiger charge is -2.35. The molecule has 210 valence electrons. The smallest absolute Gasteiger partial charge is 0.457 e. The number of fused-ring (bicyclic) bond motifs is 5. The minimum absolute atomic E-state index is 0.0407. The Morgan fingerprint density at radius 2 is 1.88 bits per heavy atom. The number of hydrogen-bond acceptors (Lipinski definition) is 8. The molecule has 0 saturated heterocycles. The van der Waals surface area contributed by atoms with E-state index in [1.807, 2.05) is 50.4 Å². The first kappa shape index (κ1) is 26.6. The zero-order valence-corrected chi connectivity index (χ0v) is 23.5. The van der Waals surface area contributed by atoms with Crippen molar-refractivity contribution in [1.82, 2.24) is 9.55 Å². The van der Waals surface area contributed by atoms with E-state index in [-0.39, 0.29) is 30.8 Å². The zero-order valence-electron chi connectivity index (χ0n) is 23.5. The second-order valence-electron chi connectivity index (χ2n) is 10.4. The summed E-state index contributed by atoms with van der Waals surface area (Å²) in [5, 5.41) is 4.10. The third kappa shape index (κ3) is 4.23. The zero-order chi connectivity index (χ0) is 28.9. The van der Waals surface area contributed by atoms with Crippen molar-refractivity contribution in [3.63, 3.8) is 0 Å². The molecule has 0 bridgehead atoms. The normalized spacial score (nSPS) is 16.9. The van der Waals surface area contributed by atoms with Crippen LogP contribution in [0.15, 0.2) is 53.3 Å². The number of hydrogen-bond donors (Lipinski definition) is 1. The lowest BCUT2D eigenvalue weighted by Crippen LogP contribution is -2.47. The van der Waals surface area contributed by atoms with Gasteiger partial charge in [0, 0.05) is 29.2 Å². The number of esters is 1. The molecule has 2 aliphatic heterocycles. The fourth-order valence-corrected chi connectivity index (χ4v) is 5.92. The molecule has 4 aromatic rings. The van der Waals surface area contributed by atoms with Crippen molar-refractivity contribution >= 4 is 28.7 Å². The standard InChI is InChI=1S/C32H31N3O6/c1-5-21-22-13-18(3)7-12-26(22)34-28-23(21)15-35-27(28)14-25-24(29(35)36)17-39-30(37)32(25,6-2)41-31(38)40-16-19-8-10-20(33-4)11-9-19/h7-14,33H,5-6,15-17H2,1-4H3. The number of aromatic nitrogens is 2. The lowest BCUT2D eigenvalue weighted by molar-refractivity contribution is -0.175. The topological polar surface area (TPSA) is 109 Å². The summed E-state index contributed by atoms with van der Waals surface area (Å²) in [4.78, 5) is 45.0. The first-order chi connectivity index (χ1) is 19.8. The van der Waals surface area contributed by atoms with Gasteiger partial charge in [-0.1, -0.05) is 37.6 Å². The molecule has 1 unspecified atom stereocenters. The van der Waals surface area contributed by atoms with Gasteiger partial charge in [-0.05, 0) is 61.2 Å². The van der Waals surface area contributed by atoms with Crippen molar-refractivity contribution in [2.75, 3.05) is 12.4 Å². The Morgan fingerprint density at radius 3 is 2.59 bits per heavy atom. The molecule has 9 heteroatoms. The fraction of sp³-hybridized carbons (Fsp3) is 0.312. The van der Waals surface area contributed by atoms with E-state index in [1.165, 1.54) is 0 Å². The molecule has 4 heterocycles. The number of benzene rings is 2. The van der Waals surface area contributed by atoms with Crippen LogP contribution in [0.25, 0.3) is 22.3 Å². The minimum Gasteiger partial charge on any atom is -0.457 e. The van der Waals surface area contributed by atoms with Gasteiger partial charge in [-0.2, -0.15) is 0 Å². The van der Waals surface area contributed by atoms with Gasteiger partial charge in [0.15, 0.2) is 0 Å². The monoisotopic (exact) mass is 553 g/mol. The molecule has 2 aliphatic rings. The Labute approximate surface area is 237 Å². The van der Waals surface area contributed by atoms with Crippen LogP contribution in [0.5, 0.6) is 0 Å². The molecule has 9 nitrogen and oxygen atoms in total. The first-order valence-corrected chi connectivity index (χ1v) is 13.8. The molecule has 2 aromatic carbocycles. The van der Waals surface area contributed by atoms with Crippen LogP contribution >= 0.6 is 0 Å². The number of nitrogens with one attached hydrogen (secondary N) is 1. The van der Waals surface area contributed by atoms with Gasteiger partial charge in [0.25, 0.3) is 5.56 Å². The van der Waals surface area contributed by atoms with E-state index < -0.39 is 17.7 Å². The van der Waals surface area contributed by atoms with E-state index in [4.69, 9.17) is 19.2 Å². The van der Waals surface area contributed by atoms with Crippen molar-refractivity contribution in [3.8, 4) is 11.4 Å². The van der Waals surface area contributed by atoms with Gasteiger partial charge < -0.3 is 24.1 Å².